The van der Waals surface area contributed by atoms with Crippen LogP contribution in [0.4, 0.5) is 5.82 Å². The molecule has 1 aliphatic carbocycles. The van der Waals surface area contributed by atoms with Gasteiger partial charge in [-0.1, -0.05) is 36.3 Å². The van der Waals surface area contributed by atoms with E-state index in [1.165, 1.54) is 5.56 Å². The highest BCUT2D eigenvalue weighted by Crippen LogP contribution is 2.38. The van der Waals surface area contributed by atoms with Crippen molar-refractivity contribution in [2.24, 2.45) is 11.8 Å². The van der Waals surface area contributed by atoms with Crippen LogP contribution in [0.5, 0.6) is 0 Å². The van der Waals surface area contributed by atoms with Crippen LogP contribution in [0.1, 0.15) is 18.9 Å². The Morgan fingerprint density at radius 2 is 1.91 bits per heavy atom. The average Bonchev–Trinajstić information content (AvgIpc) is 3.30. The van der Waals surface area contributed by atoms with E-state index in [1.54, 1.807) is 22.9 Å². The number of benzene rings is 1. The van der Waals surface area contributed by atoms with Crippen molar-refractivity contribution < 1.29 is 4.52 Å². The highest BCUT2D eigenvalue weighted by molar-refractivity contribution is 5.72. The number of hydrogen-bond donors (Lipinski definition) is 2. The first-order chi connectivity index (χ1) is 16.0. The maximum Gasteiger partial charge on any atom is 0.250 e. The quantitative estimate of drug-likeness (QED) is 0.450. The summed E-state index contributed by atoms with van der Waals surface area (Å²) in [4.78, 5) is 21.3. The first-order valence-electron chi connectivity index (χ1n) is 11.1. The van der Waals surface area contributed by atoms with Crippen LogP contribution in [-0.2, 0) is 13.1 Å². The van der Waals surface area contributed by atoms with E-state index in [2.05, 4.69) is 22.4 Å². The minimum atomic E-state index is -0.0120. The van der Waals surface area contributed by atoms with E-state index in [9.17, 15) is 4.79 Å². The maximum atomic E-state index is 12.3. The van der Waals surface area contributed by atoms with Gasteiger partial charge in [0, 0.05) is 42.5 Å². The third-order valence-electron chi connectivity index (χ3n) is 6.16. The van der Waals surface area contributed by atoms with E-state index in [4.69, 9.17) is 15.2 Å². The number of anilines is 1. The molecule has 168 valence electrons. The SMILES string of the molecule is CNCc1ccc(-c2cc(-c3nc(-c4ccc(=O)n(CC5CC5C)c4)cnc3N)on2)cc1. The van der Waals surface area contributed by atoms with Gasteiger partial charge in [-0.15, -0.1) is 0 Å². The fourth-order valence-electron chi connectivity index (χ4n) is 3.97. The zero-order chi connectivity index (χ0) is 22.9. The monoisotopic (exact) mass is 442 g/mol. The highest BCUT2D eigenvalue weighted by atomic mass is 16.5. The van der Waals surface area contributed by atoms with Gasteiger partial charge in [-0.2, -0.15) is 0 Å². The lowest BCUT2D eigenvalue weighted by molar-refractivity contribution is 0.434. The molecule has 0 saturated heterocycles. The Labute approximate surface area is 191 Å². The predicted molar refractivity (Wildman–Crippen MR) is 127 cm³/mol. The molecular weight excluding hydrogens is 416 g/mol. The van der Waals surface area contributed by atoms with E-state index in [0.717, 1.165) is 30.6 Å². The number of pyridine rings is 1. The van der Waals surface area contributed by atoms with E-state index < -0.39 is 0 Å². The second-order valence-corrected chi connectivity index (χ2v) is 8.67. The first-order valence-corrected chi connectivity index (χ1v) is 11.1. The number of nitrogens with one attached hydrogen (secondary N) is 1. The largest absolute Gasteiger partial charge is 0.382 e. The number of rotatable bonds is 7. The first kappa shape index (κ1) is 21.1. The maximum absolute atomic E-state index is 12.3. The van der Waals surface area contributed by atoms with Crippen LogP contribution in [-0.4, -0.2) is 26.7 Å². The number of hydrogen-bond acceptors (Lipinski definition) is 7. The van der Waals surface area contributed by atoms with Crippen LogP contribution in [0.25, 0.3) is 34.0 Å². The van der Waals surface area contributed by atoms with E-state index in [-0.39, 0.29) is 11.4 Å². The van der Waals surface area contributed by atoms with Crippen molar-refractivity contribution in [2.45, 2.75) is 26.4 Å². The molecule has 0 amide bonds. The van der Waals surface area contributed by atoms with Crippen molar-refractivity contribution in [1.29, 1.82) is 0 Å². The second kappa shape index (κ2) is 8.63. The van der Waals surface area contributed by atoms with Crippen molar-refractivity contribution in [3.05, 3.63) is 70.8 Å². The molecule has 1 saturated carbocycles. The van der Waals surface area contributed by atoms with Gasteiger partial charge in [0.1, 0.15) is 5.69 Å². The lowest BCUT2D eigenvalue weighted by atomic mass is 10.1. The summed E-state index contributed by atoms with van der Waals surface area (Å²) in [5.74, 6) is 1.93. The Morgan fingerprint density at radius 3 is 2.64 bits per heavy atom. The molecule has 8 heteroatoms. The van der Waals surface area contributed by atoms with Crippen molar-refractivity contribution in [2.75, 3.05) is 12.8 Å². The Balaban J connectivity index is 1.44. The normalized spacial score (nSPS) is 17.3. The fourth-order valence-corrected chi connectivity index (χ4v) is 3.97. The molecule has 3 aromatic heterocycles. The van der Waals surface area contributed by atoms with Gasteiger partial charge < -0.3 is 20.1 Å². The molecule has 0 bridgehead atoms. The lowest BCUT2D eigenvalue weighted by Crippen LogP contribution is -2.19. The summed E-state index contributed by atoms with van der Waals surface area (Å²) in [6, 6.07) is 13.3. The second-order valence-electron chi connectivity index (χ2n) is 8.67. The van der Waals surface area contributed by atoms with Gasteiger partial charge in [0.2, 0.25) is 0 Å². The molecule has 0 radical (unpaired) electrons. The summed E-state index contributed by atoms with van der Waals surface area (Å²) >= 11 is 0. The van der Waals surface area contributed by atoms with E-state index in [1.807, 2.05) is 43.6 Å². The summed E-state index contributed by atoms with van der Waals surface area (Å²) in [5.41, 5.74) is 10.8. The van der Waals surface area contributed by atoms with Gasteiger partial charge >= 0.3 is 0 Å². The standard InChI is InChI=1S/C25H26N6O2/c1-15-9-19(15)14-31-13-18(7-8-23(31)32)21-12-28-25(26)24(29-21)22-10-20(30-33-22)17-5-3-16(4-6-17)11-27-2/h3-8,10,12-13,15,19,27H,9,11,14H2,1-2H3,(H2,26,28). The molecule has 2 atom stereocenters. The minimum Gasteiger partial charge on any atom is -0.382 e. The molecular formula is C25H26N6O2. The number of nitrogens with two attached hydrogens (primary N) is 1. The summed E-state index contributed by atoms with van der Waals surface area (Å²) in [6.45, 7) is 3.73. The minimum absolute atomic E-state index is 0.0120. The molecule has 0 aliphatic heterocycles. The van der Waals surface area contributed by atoms with Crippen LogP contribution >= 0.6 is 0 Å². The van der Waals surface area contributed by atoms with Crippen molar-refractivity contribution in [1.82, 2.24) is 25.0 Å². The Bertz CT molecular complexity index is 1340. The van der Waals surface area contributed by atoms with Gasteiger partial charge in [-0.3, -0.25) is 4.79 Å². The Morgan fingerprint density at radius 1 is 1.15 bits per heavy atom. The molecule has 3 N–H and O–H groups in total. The summed E-state index contributed by atoms with van der Waals surface area (Å²) in [5, 5.41) is 7.33. The molecule has 8 nitrogen and oxygen atoms in total. The molecule has 0 spiro atoms. The smallest absolute Gasteiger partial charge is 0.250 e. The molecule has 1 fully saturated rings. The van der Waals surface area contributed by atoms with E-state index >= 15 is 0 Å². The molecule has 2 unspecified atom stereocenters. The van der Waals surface area contributed by atoms with Gasteiger partial charge in [0.25, 0.3) is 5.56 Å². The van der Waals surface area contributed by atoms with E-state index in [0.29, 0.717) is 34.7 Å². The van der Waals surface area contributed by atoms with Crippen LogP contribution in [0.15, 0.2) is 64.2 Å². The number of nitrogen functional groups attached to an aromatic ring is 1. The molecule has 5 rings (SSSR count). The molecule has 1 aliphatic rings. The third-order valence-corrected chi connectivity index (χ3v) is 6.16. The van der Waals surface area contributed by atoms with Crippen LogP contribution in [0.3, 0.4) is 0 Å². The zero-order valence-corrected chi connectivity index (χ0v) is 18.7. The third kappa shape index (κ3) is 4.42. The molecule has 1 aromatic carbocycles. The lowest BCUT2D eigenvalue weighted by Gasteiger charge is -2.09. The number of nitrogens with zero attached hydrogens (tertiary/aromatic N) is 4. The highest BCUT2D eigenvalue weighted by Gasteiger charge is 2.32. The van der Waals surface area contributed by atoms with Crippen molar-refractivity contribution >= 4 is 5.82 Å². The Kier molecular flexibility index (Phi) is 5.51. The van der Waals surface area contributed by atoms with Crippen LogP contribution in [0.2, 0.25) is 0 Å². The van der Waals surface area contributed by atoms with Crippen LogP contribution in [0, 0.1) is 11.8 Å². The van der Waals surface area contributed by atoms with Crippen LogP contribution < -0.4 is 16.6 Å². The Hall–Kier alpha value is -3.78. The summed E-state index contributed by atoms with van der Waals surface area (Å²) in [6.07, 6.45) is 4.62. The topological polar surface area (TPSA) is 112 Å². The van der Waals surface area contributed by atoms with Gasteiger partial charge in [0.15, 0.2) is 17.3 Å². The molecule has 3 heterocycles. The van der Waals surface area contributed by atoms with Crippen molar-refractivity contribution in [3.8, 4) is 34.0 Å². The molecule has 4 aromatic rings. The predicted octanol–water partition coefficient (Wildman–Crippen LogP) is 3.58. The van der Waals surface area contributed by atoms with Gasteiger partial charge in [0.05, 0.1) is 11.9 Å². The fraction of sp³-hybridized carbons (Fsp3) is 0.280. The zero-order valence-electron chi connectivity index (χ0n) is 18.7. The molecule has 33 heavy (non-hydrogen) atoms. The summed E-state index contributed by atoms with van der Waals surface area (Å²) in [7, 11) is 1.92. The van der Waals surface area contributed by atoms with Gasteiger partial charge in [-0.25, -0.2) is 9.97 Å². The van der Waals surface area contributed by atoms with Gasteiger partial charge in [-0.05, 0) is 36.9 Å². The summed E-state index contributed by atoms with van der Waals surface area (Å²) < 4.78 is 7.33. The van der Waals surface area contributed by atoms with Crippen molar-refractivity contribution in [3.63, 3.8) is 0 Å². The average molecular weight is 443 g/mol. The number of aromatic nitrogens is 4.